The first-order valence-corrected chi connectivity index (χ1v) is 14.3. The fraction of sp³-hybridized carbons (Fsp3) is 0.423. The summed E-state index contributed by atoms with van der Waals surface area (Å²) in [4.78, 5) is 30.6. The van der Waals surface area contributed by atoms with E-state index in [1.165, 1.54) is 19.1 Å². The van der Waals surface area contributed by atoms with Crippen LogP contribution in [0.2, 0.25) is 0 Å². The minimum absolute atomic E-state index is 0.164. The van der Waals surface area contributed by atoms with Crippen molar-refractivity contribution in [3.8, 4) is 18.1 Å². The van der Waals surface area contributed by atoms with Crippen molar-refractivity contribution in [2.45, 2.75) is 51.0 Å². The lowest BCUT2D eigenvalue weighted by atomic mass is 9.97. The topological polar surface area (TPSA) is 168 Å². The van der Waals surface area contributed by atoms with Crippen LogP contribution in [0.3, 0.4) is 0 Å². The van der Waals surface area contributed by atoms with Gasteiger partial charge in [0.2, 0.25) is 11.6 Å². The summed E-state index contributed by atoms with van der Waals surface area (Å²) in [6.07, 6.45) is -0.173. The number of anilines is 1. The Bertz CT molecular complexity index is 1570. The van der Waals surface area contributed by atoms with Crippen LogP contribution in [0.15, 0.2) is 41.3 Å². The lowest BCUT2D eigenvalue weighted by molar-refractivity contribution is -0.151. The van der Waals surface area contributed by atoms with E-state index in [0.717, 1.165) is 10.8 Å². The highest BCUT2D eigenvalue weighted by Gasteiger charge is 2.58. The SMILES string of the molecule is C#CC1(F)[C@@H](O)[C@@H](CO[P@@](=O)(C[C@@H](C)C(=O)OC(C)C)Oc2ccccc2)O[C@H]1n1cc(F)c2c(=O)[nH]c(N)nc21. The zero-order chi connectivity index (χ0) is 30.1. The number of aromatic nitrogens is 3. The molecule has 4 N–H and O–H groups in total. The van der Waals surface area contributed by atoms with Crippen LogP contribution in [0, 0.1) is 24.1 Å². The van der Waals surface area contributed by atoms with E-state index in [0.29, 0.717) is 0 Å². The van der Waals surface area contributed by atoms with Crippen molar-refractivity contribution in [1.82, 2.24) is 14.5 Å². The Hall–Kier alpha value is -3.76. The number of nitrogen functional groups attached to an aromatic ring is 1. The minimum atomic E-state index is -4.17. The maximum absolute atomic E-state index is 16.1. The maximum Gasteiger partial charge on any atom is 0.380 e. The molecule has 12 nitrogen and oxygen atoms in total. The van der Waals surface area contributed by atoms with Crippen molar-refractivity contribution in [2.24, 2.45) is 5.92 Å². The van der Waals surface area contributed by atoms with Crippen molar-refractivity contribution in [3.63, 3.8) is 0 Å². The van der Waals surface area contributed by atoms with Crippen molar-refractivity contribution in [2.75, 3.05) is 18.5 Å². The number of alkyl halides is 1. The molecule has 0 radical (unpaired) electrons. The predicted octanol–water partition coefficient (Wildman–Crippen LogP) is 2.92. The van der Waals surface area contributed by atoms with Gasteiger partial charge in [0, 0.05) is 6.20 Å². The third-order valence-corrected chi connectivity index (χ3v) is 8.28. The molecule has 6 atom stereocenters. The molecule has 1 fully saturated rings. The van der Waals surface area contributed by atoms with Crippen molar-refractivity contribution in [3.05, 3.63) is 52.7 Å². The number of esters is 1. The number of hydrogen-bond donors (Lipinski definition) is 3. The molecule has 1 aromatic carbocycles. The number of terminal acetylenes is 1. The van der Waals surface area contributed by atoms with Crippen LogP contribution >= 0.6 is 7.60 Å². The average Bonchev–Trinajstić information content (AvgIpc) is 3.36. The Labute approximate surface area is 233 Å². The van der Waals surface area contributed by atoms with Gasteiger partial charge in [-0.15, -0.1) is 6.42 Å². The smallest absolute Gasteiger partial charge is 0.380 e. The van der Waals surface area contributed by atoms with Gasteiger partial charge in [-0.05, 0) is 26.0 Å². The number of para-hydroxylation sites is 1. The summed E-state index contributed by atoms with van der Waals surface area (Å²) < 4.78 is 67.4. The van der Waals surface area contributed by atoms with E-state index in [1.54, 1.807) is 32.0 Å². The van der Waals surface area contributed by atoms with Crippen molar-refractivity contribution in [1.29, 1.82) is 0 Å². The molecule has 1 unspecified atom stereocenters. The Morgan fingerprint density at radius 1 is 1.37 bits per heavy atom. The first kappa shape index (κ1) is 30.2. The van der Waals surface area contributed by atoms with Gasteiger partial charge < -0.3 is 24.8 Å². The summed E-state index contributed by atoms with van der Waals surface area (Å²) in [7, 11) is -4.17. The molecule has 0 saturated carbocycles. The van der Waals surface area contributed by atoms with Crippen LogP contribution < -0.4 is 15.8 Å². The first-order chi connectivity index (χ1) is 19.3. The second-order valence-electron chi connectivity index (χ2n) is 9.80. The number of benzene rings is 1. The number of hydrogen-bond acceptors (Lipinski definition) is 10. The van der Waals surface area contributed by atoms with E-state index < -0.39 is 79.2 Å². The highest BCUT2D eigenvalue weighted by atomic mass is 31.2. The van der Waals surface area contributed by atoms with E-state index in [-0.39, 0.29) is 17.3 Å². The van der Waals surface area contributed by atoms with Gasteiger partial charge in [0.25, 0.3) is 5.56 Å². The van der Waals surface area contributed by atoms with Crippen LogP contribution in [0.5, 0.6) is 5.75 Å². The predicted molar refractivity (Wildman–Crippen MR) is 143 cm³/mol. The van der Waals surface area contributed by atoms with Crippen molar-refractivity contribution >= 4 is 30.5 Å². The van der Waals surface area contributed by atoms with Crippen molar-refractivity contribution < 1.29 is 41.8 Å². The number of nitrogens with one attached hydrogen (secondary N) is 1. The number of fused-ring (bicyclic) bond motifs is 1. The fourth-order valence-corrected chi connectivity index (χ4v) is 6.19. The van der Waals surface area contributed by atoms with E-state index in [4.69, 9.17) is 30.7 Å². The highest BCUT2D eigenvalue weighted by Crippen LogP contribution is 2.51. The van der Waals surface area contributed by atoms with E-state index in [1.807, 2.05) is 5.92 Å². The molecule has 3 aromatic rings. The number of aromatic amines is 1. The normalized spacial score (nSPS) is 24.6. The van der Waals surface area contributed by atoms with Gasteiger partial charge in [0.15, 0.2) is 17.7 Å². The molecule has 15 heteroatoms. The standard InChI is InChI=1S/C26H29F2N4O8P/c1-5-26(28)20(33)18(39-24(26)32-11-17(27)19-21(32)30-25(29)31-22(19)34)12-37-41(36,40-16-9-7-6-8-10-16)13-15(4)23(35)38-14(2)3/h1,6-11,14-15,18,20,24,33H,12-13H2,2-4H3,(H3,29,30,31,34)/t15-,18-,20+,24-,26?,41+/m1/s1. The number of aliphatic hydroxyl groups is 1. The molecular formula is C26H29F2N4O8P. The number of halogens is 2. The van der Waals surface area contributed by atoms with E-state index >= 15 is 4.39 Å². The largest absolute Gasteiger partial charge is 0.463 e. The van der Waals surface area contributed by atoms with Gasteiger partial charge >= 0.3 is 13.6 Å². The summed E-state index contributed by atoms with van der Waals surface area (Å²) >= 11 is 0. The fourth-order valence-electron chi connectivity index (χ4n) is 4.32. The number of nitrogens with zero attached hydrogens (tertiary/aromatic N) is 2. The number of carbonyl (C=O) groups is 1. The lowest BCUT2D eigenvalue weighted by Crippen LogP contribution is -2.42. The molecule has 0 bridgehead atoms. The first-order valence-electron chi connectivity index (χ1n) is 12.5. The molecule has 3 heterocycles. The molecule has 2 aromatic heterocycles. The second-order valence-corrected chi connectivity index (χ2v) is 11.8. The number of carbonyl (C=O) groups excluding carboxylic acids is 1. The molecule has 0 spiro atoms. The van der Waals surface area contributed by atoms with Crippen LogP contribution in [-0.4, -0.2) is 62.4 Å². The number of ether oxygens (including phenoxy) is 2. The third-order valence-electron chi connectivity index (χ3n) is 6.25. The zero-order valence-corrected chi connectivity index (χ0v) is 23.2. The maximum atomic E-state index is 16.1. The number of rotatable bonds is 10. The Kier molecular flexibility index (Phi) is 8.56. The van der Waals surface area contributed by atoms with Crippen LogP contribution in [0.25, 0.3) is 11.0 Å². The molecule has 41 heavy (non-hydrogen) atoms. The van der Waals surface area contributed by atoms with Crippen LogP contribution in [0.1, 0.15) is 27.0 Å². The molecule has 0 aliphatic carbocycles. The summed E-state index contributed by atoms with van der Waals surface area (Å²) in [5.41, 5.74) is 1.31. The highest BCUT2D eigenvalue weighted by molar-refractivity contribution is 7.54. The van der Waals surface area contributed by atoms with Gasteiger partial charge in [0.1, 0.15) is 23.3 Å². The zero-order valence-electron chi connectivity index (χ0n) is 22.3. The monoisotopic (exact) mass is 594 g/mol. The molecule has 0 amide bonds. The van der Waals surface area contributed by atoms with E-state index in [9.17, 15) is 23.7 Å². The number of aliphatic hydroxyl groups excluding tert-OH is 1. The van der Waals surface area contributed by atoms with Gasteiger partial charge in [-0.25, -0.2) is 13.3 Å². The molecule has 1 saturated heterocycles. The molecular weight excluding hydrogens is 565 g/mol. The minimum Gasteiger partial charge on any atom is -0.463 e. The molecule has 1 aliphatic rings. The van der Waals surface area contributed by atoms with Gasteiger partial charge in [-0.2, -0.15) is 4.98 Å². The second kappa shape index (κ2) is 11.6. The van der Waals surface area contributed by atoms with Crippen LogP contribution in [0.4, 0.5) is 14.7 Å². The van der Waals surface area contributed by atoms with Gasteiger partial charge in [-0.1, -0.05) is 31.0 Å². The Morgan fingerprint density at radius 3 is 2.68 bits per heavy atom. The lowest BCUT2D eigenvalue weighted by Gasteiger charge is -2.24. The number of nitrogens with two attached hydrogens (primary N) is 1. The molecule has 220 valence electrons. The third kappa shape index (κ3) is 6.13. The molecule has 4 rings (SSSR count). The van der Waals surface area contributed by atoms with Crippen LogP contribution in [-0.2, 0) is 23.4 Å². The summed E-state index contributed by atoms with van der Waals surface area (Å²) in [5.74, 6) is -1.02. The van der Waals surface area contributed by atoms with E-state index in [2.05, 4.69) is 9.97 Å². The Balaban J connectivity index is 1.62. The average molecular weight is 595 g/mol. The molecule has 1 aliphatic heterocycles. The summed E-state index contributed by atoms with van der Waals surface area (Å²) in [6, 6.07) is 7.99. The summed E-state index contributed by atoms with van der Waals surface area (Å²) in [5, 5.41) is 10.3. The summed E-state index contributed by atoms with van der Waals surface area (Å²) in [6.45, 7) is 4.08. The van der Waals surface area contributed by atoms with Gasteiger partial charge in [-0.3, -0.25) is 23.7 Å². The quantitative estimate of drug-likeness (QED) is 0.180. The van der Waals surface area contributed by atoms with Gasteiger partial charge in [0.05, 0.1) is 24.8 Å². The number of H-pyrrole nitrogens is 1. The Morgan fingerprint density at radius 2 is 2.05 bits per heavy atom.